The quantitative estimate of drug-likeness (QED) is 0.318. The number of carbonyl (C=O) groups is 1. The van der Waals surface area contributed by atoms with Gasteiger partial charge in [-0.2, -0.15) is 0 Å². The molecule has 1 aromatic heterocycles. The summed E-state index contributed by atoms with van der Waals surface area (Å²) in [6.45, 7) is 0.612. The Hall–Kier alpha value is -3.13. The van der Waals surface area contributed by atoms with E-state index in [1.54, 1.807) is 41.3 Å². The number of amides is 1. The van der Waals surface area contributed by atoms with Crippen LogP contribution in [0, 0.1) is 0 Å². The Morgan fingerprint density at radius 1 is 0.914 bits per heavy atom. The van der Waals surface area contributed by atoms with Crippen molar-refractivity contribution in [1.82, 2.24) is 9.55 Å². The summed E-state index contributed by atoms with van der Waals surface area (Å²) in [6, 6.07) is 19.8. The zero-order valence-electron chi connectivity index (χ0n) is 18.8. The molecule has 0 aliphatic carbocycles. The third-order valence-electron chi connectivity index (χ3n) is 5.97. The Bertz CT molecular complexity index is 1530. The third-order valence-corrected chi connectivity index (χ3v) is 7.71. The first-order chi connectivity index (χ1) is 16.7. The van der Waals surface area contributed by atoms with Gasteiger partial charge in [0, 0.05) is 24.9 Å². The third kappa shape index (κ3) is 4.59. The maximum absolute atomic E-state index is 12.4. The summed E-state index contributed by atoms with van der Waals surface area (Å²) < 4.78 is 25.8. The van der Waals surface area contributed by atoms with Crippen LogP contribution in [0.1, 0.15) is 12.8 Å². The lowest BCUT2D eigenvalue weighted by Crippen LogP contribution is -2.23. The van der Waals surface area contributed by atoms with Crippen LogP contribution in [-0.2, 0) is 14.6 Å². The Balaban J connectivity index is 1.60. The molecule has 9 heteroatoms. The molecule has 1 amide bonds. The van der Waals surface area contributed by atoms with E-state index >= 15 is 0 Å². The van der Waals surface area contributed by atoms with Gasteiger partial charge in [-0.05, 0) is 53.9 Å². The maximum atomic E-state index is 12.4. The minimum atomic E-state index is -3.31. The molecule has 1 saturated heterocycles. The Kier molecular flexibility index (Phi) is 6.17. The summed E-state index contributed by atoms with van der Waals surface area (Å²) in [5, 5.41) is 0.913. The van der Waals surface area contributed by atoms with Crippen LogP contribution in [-0.4, -0.2) is 36.7 Å². The molecule has 0 unspecified atom stereocenters. The number of rotatable bonds is 5. The van der Waals surface area contributed by atoms with Crippen molar-refractivity contribution < 1.29 is 13.2 Å². The lowest BCUT2D eigenvalue weighted by Gasteiger charge is -2.11. The highest BCUT2D eigenvalue weighted by Gasteiger charge is 2.26. The van der Waals surface area contributed by atoms with Crippen LogP contribution >= 0.6 is 23.2 Å². The van der Waals surface area contributed by atoms with Crippen molar-refractivity contribution in [1.29, 1.82) is 0 Å². The lowest BCUT2D eigenvalue weighted by atomic mass is 10.1. The predicted molar refractivity (Wildman–Crippen MR) is 139 cm³/mol. The van der Waals surface area contributed by atoms with Gasteiger partial charge in [0.15, 0.2) is 15.7 Å². The van der Waals surface area contributed by atoms with Crippen molar-refractivity contribution in [2.24, 2.45) is 0 Å². The van der Waals surface area contributed by atoms with Gasteiger partial charge in [-0.25, -0.2) is 13.4 Å². The second kappa shape index (κ2) is 9.15. The minimum absolute atomic E-state index is 0.0348. The monoisotopic (exact) mass is 525 g/mol. The van der Waals surface area contributed by atoms with Crippen molar-refractivity contribution in [2.75, 3.05) is 17.7 Å². The number of imidazole rings is 1. The number of benzene rings is 3. The van der Waals surface area contributed by atoms with E-state index in [1.165, 1.54) is 6.26 Å². The number of nitrogens with zero attached hydrogens (tertiary/aromatic N) is 3. The van der Waals surface area contributed by atoms with E-state index in [-0.39, 0.29) is 10.8 Å². The highest BCUT2D eigenvalue weighted by atomic mass is 35.5. The van der Waals surface area contributed by atoms with E-state index < -0.39 is 9.84 Å². The molecule has 6 nitrogen and oxygen atoms in total. The number of aromatic nitrogens is 2. The summed E-state index contributed by atoms with van der Waals surface area (Å²) in [5.41, 5.74) is 3.04. The number of halogens is 2. The first-order valence-electron chi connectivity index (χ1n) is 11.0. The number of carbonyl (C=O) groups excluding carboxylic acids is 1. The van der Waals surface area contributed by atoms with Gasteiger partial charge >= 0.3 is 0 Å². The van der Waals surface area contributed by atoms with Gasteiger partial charge in [0.25, 0.3) is 0 Å². The van der Waals surface area contributed by atoms with Crippen molar-refractivity contribution in [2.45, 2.75) is 17.7 Å². The molecule has 1 aliphatic heterocycles. The first kappa shape index (κ1) is 23.6. The standard InChI is InChI=1S/C26H21Cl2N3O3S/c1-35(33,34)20-6-2-5-18(15-20)17-10-12-19(13-11-17)31-16-23(30-14-4-9-24(30)32)29-26(31)25-21(27)7-3-8-22(25)28/h2-3,5-8,10-13,15-16H,4,9,14H2,1H3. The van der Waals surface area contributed by atoms with Gasteiger partial charge in [-0.15, -0.1) is 0 Å². The summed E-state index contributed by atoms with van der Waals surface area (Å²) in [4.78, 5) is 19.1. The van der Waals surface area contributed by atoms with Crippen molar-refractivity contribution in [3.05, 3.63) is 83.0 Å². The van der Waals surface area contributed by atoms with Crippen LogP contribution in [0.15, 0.2) is 77.8 Å². The first-order valence-corrected chi connectivity index (χ1v) is 13.6. The molecule has 1 aliphatic rings. The van der Waals surface area contributed by atoms with E-state index in [2.05, 4.69) is 0 Å². The second-order valence-electron chi connectivity index (χ2n) is 8.39. The van der Waals surface area contributed by atoms with Crippen LogP contribution in [0.5, 0.6) is 0 Å². The number of anilines is 1. The van der Waals surface area contributed by atoms with E-state index in [0.717, 1.165) is 23.2 Å². The number of sulfone groups is 1. The van der Waals surface area contributed by atoms with Gasteiger partial charge in [0.05, 0.1) is 26.7 Å². The molecule has 0 saturated carbocycles. The molecule has 0 N–H and O–H groups in total. The Morgan fingerprint density at radius 2 is 1.60 bits per heavy atom. The fourth-order valence-electron chi connectivity index (χ4n) is 4.19. The highest BCUT2D eigenvalue weighted by molar-refractivity contribution is 7.90. The Morgan fingerprint density at radius 3 is 2.23 bits per heavy atom. The molecule has 1 fully saturated rings. The highest BCUT2D eigenvalue weighted by Crippen LogP contribution is 2.37. The smallest absolute Gasteiger partial charge is 0.228 e. The topological polar surface area (TPSA) is 72.3 Å². The molecule has 35 heavy (non-hydrogen) atoms. The van der Waals surface area contributed by atoms with E-state index in [4.69, 9.17) is 28.2 Å². The minimum Gasteiger partial charge on any atom is -0.297 e. The summed E-state index contributed by atoms with van der Waals surface area (Å²) in [6.07, 6.45) is 4.29. The average Bonchev–Trinajstić information content (AvgIpc) is 3.45. The molecule has 0 radical (unpaired) electrons. The van der Waals surface area contributed by atoms with Crippen LogP contribution in [0.25, 0.3) is 28.2 Å². The summed E-state index contributed by atoms with van der Waals surface area (Å²) in [7, 11) is -3.31. The van der Waals surface area contributed by atoms with Crippen LogP contribution < -0.4 is 4.90 Å². The largest absolute Gasteiger partial charge is 0.297 e. The molecule has 0 spiro atoms. The summed E-state index contributed by atoms with van der Waals surface area (Å²) >= 11 is 13.0. The SMILES string of the molecule is CS(=O)(=O)c1cccc(-c2ccc(-n3cc(N4CCCC4=O)nc3-c3c(Cl)cccc3Cl)cc2)c1. The molecule has 2 heterocycles. The van der Waals surface area contributed by atoms with Gasteiger partial charge < -0.3 is 0 Å². The molecular weight excluding hydrogens is 505 g/mol. The zero-order valence-corrected chi connectivity index (χ0v) is 21.1. The molecule has 4 aromatic rings. The van der Waals surface area contributed by atoms with Gasteiger partial charge in [0.1, 0.15) is 5.82 Å². The molecule has 178 valence electrons. The van der Waals surface area contributed by atoms with Crippen molar-refractivity contribution >= 4 is 44.8 Å². The van der Waals surface area contributed by atoms with Crippen molar-refractivity contribution in [3.63, 3.8) is 0 Å². The lowest BCUT2D eigenvalue weighted by molar-refractivity contribution is -0.117. The molecular formula is C26H21Cl2N3O3S. The van der Waals surface area contributed by atoms with Gasteiger partial charge in [-0.3, -0.25) is 14.3 Å². The molecule has 0 bridgehead atoms. The molecule has 0 atom stereocenters. The fraction of sp³-hybridized carbons (Fsp3) is 0.154. The predicted octanol–water partition coefficient (Wildman–Crippen LogP) is 6.04. The van der Waals surface area contributed by atoms with Crippen LogP contribution in [0.2, 0.25) is 10.0 Å². The van der Waals surface area contributed by atoms with E-state index in [1.807, 2.05) is 41.1 Å². The average molecular weight is 526 g/mol. The van der Waals surface area contributed by atoms with Gasteiger partial charge in [0.2, 0.25) is 5.91 Å². The van der Waals surface area contributed by atoms with Gasteiger partial charge in [-0.1, -0.05) is 53.5 Å². The van der Waals surface area contributed by atoms with Crippen LogP contribution in [0.3, 0.4) is 0 Å². The normalized spacial score (nSPS) is 14.0. The molecule has 3 aromatic carbocycles. The number of hydrogen-bond acceptors (Lipinski definition) is 4. The van der Waals surface area contributed by atoms with E-state index in [0.29, 0.717) is 40.2 Å². The maximum Gasteiger partial charge on any atom is 0.228 e. The zero-order chi connectivity index (χ0) is 24.7. The fourth-order valence-corrected chi connectivity index (χ4v) is 5.43. The van der Waals surface area contributed by atoms with E-state index in [9.17, 15) is 13.2 Å². The Labute approximate surface area is 213 Å². The molecule has 5 rings (SSSR count). The summed E-state index contributed by atoms with van der Waals surface area (Å²) in [5.74, 6) is 1.11. The van der Waals surface area contributed by atoms with Crippen molar-refractivity contribution in [3.8, 4) is 28.2 Å². The number of hydrogen-bond donors (Lipinski definition) is 0. The van der Waals surface area contributed by atoms with Crippen LogP contribution in [0.4, 0.5) is 5.82 Å². The second-order valence-corrected chi connectivity index (χ2v) is 11.2.